The van der Waals surface area contributed by atoms with E-state index in [-0.39, 0.29) is 39.9 Å². The summed E-state index contributed by atoms with van der Waals surface area (Å²) in [4.78, 5) is 20.4. The number of nitrogens with zero attached hydrogens (tertiary/aromatic N) is 4. The van der Waals surface area contributed by atoms with Gasteiger partial charge in [-0.05, 0) is 43.5 Å². The minimum absolute atomic E-state index is 0.00796. The average Bonchev–Trinajstić information content (AvgIpc) is 3.49. The summed E-state index contributed by atoms with van der Waals surface area (Å²) in [5.41, 5.74) is 8.39. The van der Waals surface area contributed by atoms with Gasteiger partial charge in [-0.1, -0.05) is 51.3 Å². The second-order valence-corrected chi connectivity index (χ2v) is 14.0. The first-order chi connectivity index (χ1) is 19.1. The lowest BCUT2D eigenvalue weighted by molar-refractivity contribution is -0.136. The maximum Gasteiger partial charge on any atom is 0.246 e. The first kappa shape index (κ1) is 29.8. The van der Waals surface area contributed by atoms with Crippen LogP contribution in [0.2, 0.25) is 10.0 Å². The van der Waals surface area contributed by atoms with E-state index in [2.05, 4.69) is 26.6 Å². The Morgan fingerprint density at radius 3 is 2.62 bits per heavy atom. The highest BCUT2D eigenvalue weighted by molar-refractivity contribution is 9.10. The molecule has 2 N–H and O–H groups in total. The normalized spacial score (nSPS) is 22.3. The van der Waals surface area contributed by atoms with Crippen LogP contribution in [0.15, 0.2) is 45.8 Å². The molecule has 3 heterocycles. The van der Waals surface area contributed by atoms with Crippen molar-refractivity contribution < 1.29 is 17.9 Å². The van der Waals surface area contributed by atoms with Gasteiger partial charge in [0.05, 0.1) is 27.0 Å². The maximum absolute atomic E-state index is 13.8. The van der Waals surface area contributed by atoms with Crippen molar-refractivity contribution in [1.82, 2.24) is 18.8 Å². The van der Waals surface area contributed by atoms with Gasteiger partial charge in [0.25, 0.3) is 0 Å². The van der Waals surface area contributed by atoms with Gasteiger partial charge in [0.15, 0.2) is 0 Å². The number of likely N-dealkylation sites (tertiary alicyclic amines) is 1. The number of nitrogens with two attached hydrogens (primary N) is 1. The standard InChI is InChI=1S/C27H32BrCl2N5O4S/c1-39-11-5-10-35-24-8-3-2-7-23(24)32-26(35)17-6-4-9-33(14-17)27(36)19-15-34(16-22(19)31)40(37,38)25-20(29)12-18(28)13-21(25)30/h2-3,7-8,12-13,17,19,22H,4-6,9-11,14-16,31H2,1H3/t17?,19-,22-/m1/s1. The lowest BCUT2D eigenvalue weighted by Crippen LogP contribution is -2.47. The summed E-state index contributed by atoms with van der Waals surface area (Å²) in [6.45, 7) is 2.51. The molecule has 13 heteroatoms. The smallest absolute Gasteiger partial charge is 0.246 e. The highest BCUT2D eigenvalue weighted by Crippen LogP contribution is 2.37. The molecule has 0 bridgehead atoms. The monoisotopic (exact) mass is 671 g/mol. The van der Waals surface area contributed by atoms with E-state index in [1.165, 1.54) is 16.4 Å². The summed E-state index contributed by atoms with van der Waals surface area (Å²) in [5.74, 6) is 0.228. The van der Waals surface area contributed by atoms with Crippen LogP contribution in [0.25, 0.3) is 11.0 Å². The highest BCUT2D eigenvalue weighted by atomic mass is 79.9. The van der Waals surface area contributed by atoms with Crippen molar-refractivity contribution in [3.63, 3.8) is 0 Å². The number of para-hydroxylation sites is 2. The molecule has 1 aromatic heterocycles. The molecule has 2 aromatic carbocycles. The fourth-order valence-corrected chi connectivity index (χ4v) is 9.17. The number of rotatable bonds is 8. The van der Waals surface area contributed by atoms with E-state index < -0.39 is 22.0 Å². The quantitative estimate of drug-likeness (QED) is 0.353. The zero-order valence-corrected chi connectivity index (χ0v) is 26.0. The van der Waals surface area contributed by atoms with Gasteiger partial charge in [0, 0.05) is 62.9 Å². The summed E-state index contributed by atoms with van der Waals surface area (Å²) >= 11 is 15.8. The van der Waals surface area contributed by atoms with Gasteiger partial charge in [-0.3, -0.25) is 4.79 Å². The van der Waals surface area contributed by atoms with Crippen LogP contribution in [0, 0.1) is 5.92 Å². The van der Waals surface area contributed by atoms with Crippen LogP contribution in [-0.2, 0) is 26.1 Å². The molecule has 9 nitrogen and oxygen atoms in total. The Bertz CT molecular complexity index is 1490. The number of benzene rings is 2. The zero-order valence-electron chi connectivity index (χ0n) is 22.1. The van der Waals surface area contributed by atoms with Crippen molar-refractivity contribution in [3.05, 3.63) is 56.7 Å². The minimum Gasteiger partial charge on any atom is -0.385 e. The first-order valence-electron chi connectivity index (χ1n) is 13.2. The molecule has 2 saturated heterocycles. The number of fused-ring (bicyclic) bond motifs is 1. The van der Waals surface area contributed by atoms with Crippen molar-refractivity contribution in [1.29, 1.82) is 0 Å². The van der Waals surface area contributed by atoms with Crippen molar-refractivity contribution in [2.75, 3.05) is 39.9 Å². The van der Waals surface area contributed by atoms with E-state index >= 15 is 0 Å². The van der Waals surface area contributed by atoms with Crippen LogP contribution >= 0.6 is 39.1 Å². The Labute approximate surface area is 252 Å². The number of amides is 1. The van der Waals surface area contributed by atoms with E-state index in [0.717, 1.165) is 42.7 Å². The van der Waals surface area contributed by atoms with E-state index in [9.17, 15) is 13.2 Å². The Morgan fingerprint density at radius 1 is 1.18 bits per heavy atom. The van der Waals surface area contributed by atoms with Gasteiger partial charge in [-0.15, -0.1) is 0 Å². The average molecular weight is 673 g/mol. The van der Waals surface area contributed by atoms with Gasteiger partial charge in [0.1, 0.15) is 10.7 Å². The highest BCUT2D eigenvalue weighted by Gasteiger charge is 2.44. The van der Waals surface area contributed by atoms with Crippen LogP contribution in [-0.4, -0.2) is 79.0 Å². The number of carbonyl (C=O) groups excluding carboxylic acids is 1. The zero-order chi connectivity index (χ0) is 28.6. The molecule has 0 saturated carbocycles. The molecule has 2 aliphatic heterocycles. The third-order valence-corrected chi connectivity index (χ3v) is 10.9. The predicted octanol–water partition coefficient (Wildman–Crippen LogP) is 4.50. The van der Waals surface area contributed by atoms with Crippen LogP contribution in [0.3, 0.4) is 0 Å². The van der Waals surface area contributed by atoms with Crippen LogP contribution in [0.1, 0.15) is 31.0 Å². The van der Waals surface area contributed by atoms with E-state index in [1.54, 1.807) is 7.11 Å². The SMILES string of the molecule is COCCCn1c(C2CCCN(C(=O)[C@@H]3CN(S(=O)(=O)c4c(Cl)cc(Br)cc4Cl)C[C@H]3N)C2)nc2ccccc21. The number of imidazole rings is 1. The van der Waals surface area contributed by atoms with Gasteiger partial charge in [0.2, 0.25) is 15.9 Å². The molecule has 40 heavy (non-hydrogen) atoms. The number of carbonyl (C=O) groups is 1. The molecular weight excluding hydrogens is 641 g/mol. The lowest BCUT2D eigenvalue weighted by atomic mass is 9.94. The number of aromatic nitrogens is 2. The van der Waals surface area contributed by atoms with Gasteiger partial charge in [-0.25, -0.2) is 13.4 Å². The van der Waals surface area contributed by atoms with Gasteiger partial charge in [-0.2, -0.15) is 4.31 Å². The second-order valence-electron chi connectivity index (χ2n) is 10.4. The van der Waals surface area contributed by atoms with Crippen molar-refractivity contribution >= 4 is 66.1 Å². The van der Waals surface area contributed by atoms with E-state index in [1.807, 2.05) is 23.1 Å². The molecule has 0 spiro atoms. The number of hydrogen-bond acceptors (Lipinski definition) is 6. The van der Waals surface area contributed by atoms with Crippen molar-refractivity contribution in [3.8, 4) is 0 Å². The Hall–Kier alpha value is -1.73. The maximum atomic E-state index is 13.8. The summed E-state index contributed by atoms with van der Waals surface area (Å²) in [7, 11) is -2.36. The molecule has 1 unspecified atom stereocenters. The molecular formula is C27H32BrCl2N5O4S. The number of piperidine rings is 1. The minimum atomic E-state index is -4.06. The Kier molecular flexibility index (Phi) is 9.11. The predicted molar refractivity (Wildman–Crippen MR) is 159 cm³/mol. The number of aryl methyl sites for hydroxylation is 1. The number of ether oxygens (including phenoxy) is 1. The first-order valence-corrected chi connectivity index (χ1v) is 16.2. The van der Waals surface area contributed by atoms with E-state index in [0.29, 0.717) is 24.2 Å². The molecule has 2 fully saturated rings. The van der Waals surface area contributed by atoms with Crippen LogP contribution < -0.4 is 5.73 Å². The number of halogens is 3. The molecule has 5 rings (SSSR count). The summed E-state index contributed by atoms with van der Waals surface area (Å²) < 4.78 is 36.3. The van der Waals surface area contributed by atoms with Crippen molar-refractivity contribution in [2.24, 2.45) is 11.7 Å². The fraction of sp³-hybridized carbons (Fsp3) is 0.481. The second kappa shape index (κ2) is 12.2. The molecule has 3 aromatic rings. The lowest BCUT2D eigenvalue weighted by Gasteiger charge is -2.35. The van der Waals surface area contributed by atoms with Gasteiger partial charge < -0.3 is 19.9 Å². The Balaban J connectivity index is 1.34. The summed E-state index contributed by atoms with van der Waals surface area (Å²) in [6.07, 6.45) is 2.59. The Morgan fingerprint density at radius 2 is 1.90 bits per heavy atom. The third-order valence-electron chi connectivity index (χ3n) is 7.72. The van der Waals surface area contributed by atoms with Crippen LogP contribution in [0.5, 0.6) is 0 Å². The number of hydrogen-bond donors (Lipinski definition) is 1. The number of sulfonamides is 1. The molecule has 2 aliphatic rings. The van der Waals surface area contributed by atoms with Crippen molar-refractivity contribution in [2.45, 2.75) is 42.7 Å². The molecule has 0 aliphatic carbocycles. The fourth-order valence-electron chi connectivity index (χ4n) is 5.78. The summed E-state index contributed by atoms with van der Waals surface area (Å²) in [6, 6.07) is 10.4. The number of methoxy groups -OCH3 is 1. The third kappa shape index (κ3) is 5.79. The molecule has 216 valence electrons. The molecule has 1 amide bonds. The largest absolute Gasteiger partial charge is 0.385 e. The van der Waals surface area contributed by atoms with Crippen LogP contribution in [0.4, 0.5) is 0 Å². The topological polar surface area (TPSA) is 111 Å². The van der Waals surface area contributed by atoms with Gasteiger partial charge >= 0.3 is 0 Å². The molecule has 0 radical (unpaired) electrons. The summed E-state index contributed by atoms with van der Waals surface area (Å²) in [5, 5.41) is 0.0185. The van der Waals surface area contributed by atoms with E-state index in [4.69, 9.17) is 38.7 Å². The molecule has 3 atom stereocenters.